The fraction of sp³-hybridized carbons (Fsp3) is 0.185. The van der Waals surface area contributed by atoms with Crippen molar-refractivity contribution in [3.8, 4) is 22.3 Å². The van der Waals surface area contributed by atoms with Crippen LogP contribution in [0.3, 0.4) is 0 Å². The molecule has 0 bridgehead atoms. The number of hydrogen-bond acceptors (Lipinski definition) is 2. The fourth-order valence-corrected chi connectivity index (χ4v) is 29.9. The molecule has 60 heavy (non-hydrogen) atoms. The third-order valence-electron chi connectivity index (χ3n) is 13.0. The Kier molecular flexibility index (Phi) is 11.6. The maximum absolute atomic E-state index is 6.68. The van der Waals surface area contributed by atoms with Crippen LogP contribution in [-0.2, 0) is 20.4 Å². The van der Waals surface area contributed by atoms with Crippen molar-refractivity contribution in [2.45, 2.75) is 61.9 Å². The Morgan fingerprint density at radius 2 is 0.883 bits per heavy atom. The van der Waals surface area contributed by atoms with Crippen molar-refractivity contribution in [2.24, 2.45) is 0 Å². The third-order valence-corrected chi connectivity index (χ3v) is 32.2. The molecule has 2 nitrogen and oxygen atoms in total. The van der Waals surface area contributed by atoms with Gasteiger partial charge in [0.15, 0.2) is 0 Å². The normalized spacial score (nSPS) is 15.1. The molecule has 0 saturated heterocycles. The van der Waals surface area contributed by atoms with E-state index in [2.05, 4.69) is 188 Å². The quantitative estimate of drug-likeness (QED) is 0.156. The van der Waals surface area contributed by atoms with E-state index in [0.717, 1.165) is 23.0 Å². The number of benzene rings is 6. The monoisotopic (exact) mass is 916 g/mol. The molecule has 6 heteroatoms. The van der Waals surface area contributed by atoms with E-state index >= 15 is 0 Å². The van der Waals surface area contributed by atoms with Crippen LogP contribution in [-0.4, -0.2) is 5.43 Å². The second-order valence-corrected chi connectivity index (χ2v) is 34.7. The van der Waals surface area contributed by atoms with E-state index in [1.807, 2.05) is 0 Å². The smallest absolute Gasteiger partial charge is 1.00 e. The molecule has 0 fully saturated rings. The largest absolute Gasteiger partial charge is 1.00 e. The maximum atomic E-state index is 6.68. The third kappa shape index (κ3) is 6.80. The van der Waals surface area contributed by atoms with Gasteiger partial charge < -0.3 is 24.8 Å². The zero-order valence-corrected chi connectivity index (χ0v) is 40.4. The van der Waals surface area contributed by atoms with E-state index in [-0.39, 0.29) is 24.8 Å². The minimum absolute atomic E-state index is 0. The molecular formula is C54H48Cl2O2SiZr. The van der Waals surface area contributed by atoms with Crippen LogP contribution in [0, 0.1) is 41.5 Å². The molecule has 0 saturated carbocycles. The van der Waals surface area contributed by atoms with Crippen molar-refractivity contribution in [1.29, 1.82) is 0 Å². The van der Waals surface area contributed by atoms with Gasteiger partial charge in [0.05, 0.1) is 0 Å². The molecule has 298 valence electrons. The summed E-state index contributed by atoms with van der Waals surface area (Å²) in [5.41, 5.74) is 18.5. The summed E-state index contributed by atoms with van der Waals surface area (Å²) in [6, 6.07) is 45.2. The first-order chi connectivity index (χ1) is 28.1. The number of furan rings is 2. The zero-order chi connectivity index (χ0) is 40.0. The molecule has 0 radical (unpaired) electrons. The van der Waals surface area contributed by atoms with Crippen molar-refractivity contribution >= 4 is 50.3 Å². The number of allylic oxidation sites excluding steroid dienone is 2. The van der Waals surface area contributed by atoms with Gasteiger partial charge in [0.1, 0.15) is 0 Å². The number of aryl methyl sites for hydroxylation is 4. The van der Waals surface area contributed by atoms with Gasteiger partial charge in [-0.2, -0.15) is 0 Å². The average Bonchev–Trinajstić information content (AvgIpc) is 4.02. The van der Waals surface area contributed by atoms with Crippen LogP contribution in [0.2, 0.25) is 13.1 Å². The van der Waals surface area contributed by atoms with Gasteiger partial charge in [-0.1, -0.05) is 0 Å². The van der Waals surface area contributed by atoms with Gasteiger partial charge in [-0.25, -0.2) is 0 Å². The van der Waals surface area contributed by atoms with Crippen LogP contribution in [0.4, 0.5) is 0 Å². The Labute approximate surface area is 374 Å². The van der Waals surface area contributed by atoms with Crippen molar-refractivity contribution < 1.29 is 54.0 Å². The van der Waals surface area contributed by atoms with E-state index in [1.165, 1.54) is 99.5 Å². The molecule has 0 amide bonds. The summed E-state index contributed by atoms with van der Waals surface area (Å²) >= 11 is -2.77. The molecule has 2 aromatic heterocycles. The van der Waals surface area contributed by atoms with Crippen LogP contribution < -0.4 is 24.8 Å². The number of rotatable bonds is 6. The van der Waals surface area contributed by atoms with Gasteiger partial charge in [-0.15, -0.1) is 0 Å². The summed E-state index contributed by atoms with van der Waals surface area (Å²) in [4.78, 5) is 0. The van der Waals surface area contributed by atoms with Gasteiger partial charge in [0.2, 0.25) is 0 Å². The number of halogens is 2. The van der Waals surface area contributed by atoms with Crippen LogP contribution in [0.15, 0.2) is 130 Å². The number of hydrogen-bond donors (Lipinski definition) is 0. The maximum Gasteiger partial charge on any atom is -1.00 e. The first kappa shape index (κ1) is 42.3. The van der Waals surface area contributed by atoms with Crippen LogP contribution >= 0.6 is 0 Å². The Hall–Kier alpha value is -4.44. The summed E-state index contributed by atoms with van der Waals surface area (Å²) in [5.74, 6) is 3.96. The SMILES string of the molecule is Cc1ccc(C2=Cc3c(cc(C)c(C)c3-c3cccc4ccccc34)[CH]2[Zr+2]([CH]2C(c3ccc(C)o3)=Cc3c2cc(C)c(C)c3-c2cccc3ccccc23)=[Si](C)C)o1.[Cl-].[Cl-]. The van der Waals surface area contributed by atoms with E-state index in [1.54, 1.807) is 0 Å². The first-order valence-corrected chi connectivity index (χ1v) is 29.6. The molecule has 0 spiro atoms. The second-order valence-electron chi connectivity index (χ2n) is 16.8. The van der Waals surface area contributed by atoms with Crippen molar-refractivity contribution in [1.82, 2.24) is 0 Å². The van der Waals surface area contributed by atoms with Gasteiger partial charge in [-0.05, 0) is 0 Å². The standard InChI is InChI=1S/2C26H21O.C2H6Si.2ClH.Zr/c2*1-16-13-20-14-21(25-12-11-17(2)27-25)15-24(20)26(18(16)3)23-10-6-8-19-7-4-5-9-22(19)23;1-3-2;;;/h2*4-15H,1-3H3;1-2H3;2*1H;/q;;;;;+2/p-2. The second kappa shape index (κ2) is 16.4. The minimum Gasteiger partial charge on any atom is -1.00 e. The van der Waals surface area contributed by atoms with Crippen LogP contribution in [0.5, 0.6) is 0 Å². The van der Waals surface area contributed by atoms with E-state index in [4.69, 9.17) is 8.83 Å². The van der Waals surface area contributed by atoms with E-state index in [9.17, 15) is 0 Å². The summed E-state index contributed by atoms with van der Waals surface area (Å²) in [5, 5.41) is 5.16. The average molecular weight is 919 g/mol. The predicted octanol–water partition coefficient (Wildman–Crippen LogP) is 9.13. The Morgan fingerprint density at radius 1 is 0.483 bits per heavy atom. The van der Waals surface area contributed by atoms with E-state index in [0.29, 0.717) is 7.25 Å². The van der Waals surface area contributed by atoms with Crippen LogP contribution in [0.25, 0.3) is 67.1 Å². The van der Waals surface area contributed by atoms with Gasteiger partial charge in [0.25, 0.3) is 0 Å². The molecule has 8 aromatic rings. The van der Waals surface area contributed by atoms with Gasteiger partial charge in [0, 0.05) is 0 Å². The number of fused-ring (bicyclic) bond motifs is 4. The van der Waals surface area contributed by atoms with Crippen LogP contribution in [0.1, 0.15) is 74.8 Å². The molecule has 2 aliphatic carbocycles. The first-order valence-electron chi connectivity index (χ1n) is 20.6. The summed E-state index contributed by atoms with van der Waals surface area (Å²) in [6.07, 6.45) is 5.09. The molecule has 2 aliphatic rings. The molecule has 2 atom stereocenters. The van der Waals surface area contributed by atoms with E-state index < -0.39 is 25.8 Å². The Balaban J connectivity index is 0.00000249. The van der Waals surface area contributed by atoms with Crippen molar-refractivity contribution in [2.75, 3.05) is 0 Å². The molecule has 2 heterocycles. The summed E-state index contributed by atoms with van der Waals surface area (Å²) in [7, 11) is 0. The topological polar surface area (TPSA) is 26.3 Å². The van der Waals surface area contributed by atoms with Gasteiger partial charge >= 0.3 is 352 Å². The molecule has 0 N–H and O–H groups in total. The molecular weight excluding hydrogens is 871 g/mol. The van der Waals surface area contributed by atoms with Crippen molar-refractivity contribution in [3.63, 3.8) is 0 Å². The van der Waals surface area contributed by atoms with Crippen molar-refractivity contribution in [3.05, 3.63) is 189 Å². The fourth-order valence-electron chi connectivity index (χ4n) is 10.1. The van der Waals surface area contributed by atoms with Gasteiger partial charge in [-0.3, -0.25) is 0 Å². The predicted molar refractivity (Wildman–Crippen MR) is 243 cm³/mol. The Morgan fingerprint density at radius 3 is 1.27 bits per heavy atom. The Bertz CT molecular complexity index is 2910. The molecule has 10 rings (SSSR count). The molecule has 2 unspecified atom stereocenters. The summed E-state index contributed by atoms with van der Waals surface area (Å²) < 4.78 is 14.0. The molecule has 6 aromatic carbocycles. The molecule has 0 aliphatic heterocycles. The summed E-state index contributed by atoms with van der Waals surface area (Å²) in [6.45, 7) is 18.7. The minimum atomic E-state index is -2.77. The zero-order valence-electron chi connectivity index (χ0n) is 35.4.